The highest BCUT2D eigenvalue weighted by Crippen LogP contribution is 2.21. The smallest absolute Gasteiger partial charge is 0.320 e. The maximum Gasteiger partial charge on any atom is 0.320 e. The Hall–Kier alpha value is -1.00. The second-order valence-corrected chi connectivity index (χ2v) is 5.19. The van der Waals surface area contributed by atoms with Crippen molar-refractivity contribution in [3.63, 3.8) is 0 Å². The molecule has 1 aromatic carbocycles. The Morgan fingerprint density at radius 1 is 1.47 bits per heavy atom. The van der Waals surface area contributed by atoms with Gasteiger partial charge in [-0.15, -0.1) is 11.8 Å². The zero-order chi connectivity index (χ0) is 12.3. The van der Waals surface area contributed by atoms with Gasteiger partial charge < -0.3 is 5.11 Å². The molecule has 17 heavy (non-hydrogen) atoms. The van der Waals surface area contributed by atoms with E-state index >= 15 is 0 Å². The summed E-state index contributed by atoms with van der Waals surface area (Å²) in [5.74, 6) is -0.691. The normalized spacial score (nSPS) is 20.6. The van der Waals surface area contributed by atoms with E-state index in [0.717, 1.165) is 25.9 Å². The summed E-state index contributed by atoms with van der Waals surface area (Å²) in [6.45, 7) is 1.63. The molecule has 0 unspecified atom stereocenters. The van der Waals surface area contributed by atoms with Crippen molar-refractivity contribution in [3.05, 3.63) is 29.8 Å². The molecule has 92 valence electrons. The number of carboxylic acid groups (broad SMARTS) is 1. The molecule has 0 bridgehead atoms. The van der Waals surface area contributed by atoms with Crippen LogP contribution < -0.4 is 0 Å². The van der Waals surface area contributed by atoms with Crippen LogP contribution >= 0.6 is 11.8 Å². The lowest BCUT2D eigenvalue weighted by molar-refractivity contribution is -0.142. The van der Waals surface area contributed by atoms with Crippen molar-refractivity contribution < 1.29 is 9.90 Å². The van der Waals surface area contributed by atoms with Crippen molar-refractivity contribution in [2.75, 3.05) is 12.8 Å². The predicted octanol–water partition coefficient (Wildman–Crippen LogP) is 2.46. The standard InChI is InChI=1S/C13H17NO2S/c1-17-11-6-4-10(5-7-11)9-14-8-2-3-12(14)13(15)16/h4-7,12H,2-3,8-9H2,1H3,(H,15,16)/t12-/m1/s1. The molecule has 0 aliphatic carbocycles. The molecule has 0 amide bonds. The van der Waals surface area contributed by atoms with Gasteiger partial charge in [0.05, 0.1) is 0 Å². The summed E-state index contributed by atoms with van der Waals surface area (Å²) < 4.78 is 0. The highest BCUT2D eigenvalue weighted by molar-refractivity contribution is 7.98. The first-order valence-corrected chi connectivity index (χ1v) is 7.03. The molecule has 0 aromatic heterocycles. The minimum atomic E-state index is -0.691. The summed E-state index contributed by atoms with van der Waals surface area (Å²) in [7, 11) is 0. The number of likely N-dealkylation sites (tertiary alicyclic amines) is 1. The molecular formula is C13H17NO2S. The molecule has 1 N–H and O–H groups in total. The van der Waals surface area contributed by atoms with Crippen LogP contribution in [0.4, 0.5) is 0 Å². The first-order chi connectivity index (χ1) is 8.20. The van der Waals surface area contributed by atoms with E-state index in [0.29, 0.717) is 0 Å². The van der Waals surface area contributed by atoms with Crippen molar-refractivity contribution >= 4 is 17.7 Å². The van der Waals surface area contributed by atoms with E-state index in [1.54, 1.807) is 11.8 Å². The highest BCUT2D eigenvalue weighted by atomic mass is 32.2. The topological polar surface area (TPSA) is 40.5 Å². The fourth-order valence-corrected chi connectivity index (χ4v) is 2.67. The van der Waals surface area contributed by atoms with Crippen LogP contribution in [-0.4, -0.2) is 34.8 Å². The Labute approximate surface area is 106 Å². The summed E-state index contributed by atoms with van der Waals surface area (Å²) in [4.78, 5) is 14.4. The quantitative estimate of drug-likeness (QED) is 0.835. The third-order valence-corrected chi connectivity index (χ3v) is 3.94. The number of thioether (sulfide) groups is 1. The maximum atomic E-state index is 11.1. The van der Waals surface area contributed by atoms with Gasteiger partial charge in [0.15, 0.2) is 0 Å². The van der Waals surface area contributed by atoms with Crippen LogP contribution in [0, 0.1) is 0 Å². The van der Waals surface area contributed by atoms with Crippen LogP contribution in [0.25, 0.3) is 0 Å². The SMILES string of the molecule is CSc1ccc(CN2CCC[C@@H]2C(=O)O)cc1. The van der Waals surface area contributed by atoms with Gasteiger partial charge in [-0.2, -0.15) is 0 Å². The highest BCUT2D eigenvalue weighted by Gasteiger charge is 2.30. The molecule has 1 fully saturated rings. The number of benzene rings is 1. The molecule has 4 heteroatoms. The van der Waals surface area contributed by atoms with Gasteiger partial charge in [-0.1, -0.05) is 12.1 Å². The lowest BCUT2D eigenvalue weighted by Crippen LogP contribution is -2.35. The zero-order valence-corrected chi connectivity index (χ0v) is 10.7. The molecule has 1 aliphatic rings. The molecule has 0 spiro atoms. The number of carbonyl (C=O) groups is 1. The van der Waals surface area contributed by atoms with E-state index in [4.69, 9.17) is 5.11 Å². The number of aliphatic carboxylic acids is 1. The Morgan fingerprint density at radius 3 is 2.76 bits per heavy atom. The van der Waals surface area contributed by atoms with Gasteiger partial charge in [0.2, 0.25) is 0 Å². The van der Waals surface area contributed by atoms with Crippen molar-refractivity contribution in [2.24, 2.45) is 0 Å². The Balaban J connectivity index is 2.02. The predicted molar refractivity (Wildman–Crippen MR) is 69.3 cm³/mol. The monoisotopic (exact) mass is 251 g/mol. The molecular weight excluding hydrogens is 234 g/mol. The molecule has 1 aromatic rings. The van der Waals surface area contributed by atoms with E-state index in [2.05, 4.69) is 35.4 Å². The lowest BCUT2D eigenvalue weighted by Gasteiger charge is -2.20. The Bertz CT molecular complexity index is 391. The van der Waals surface area contributed by atoms with Crippen LogP contribution in [0.1, 0.15) is 18.4 Å². The summed E-state index contributed by atoms with van der Waals surface area (Å²) in [6.07, 6.45) is 3.81. The molecule has 0 radical (unpaired) electrons. The van der Waals surface area contributed by atoms with E-state index < -0.39 is 5.97 Å². The second-order valence-electron chi connectivity index (χ2n) is 4.31. The van der Waals surface area contributed by atoms with Crippen LogP contribution in [0.15, 0.2) is 29.2 Å². The summed E-state index contributed by atoms with van der Waals surface area (Å²) in [5, 5.41) is 9.10. The van der Waals surface area contributed by atoms with E-state index in [-0.39, 0.29) is 6.04 Å². The third-order valence-electron chi connectivity index (χ3n) is 3.19. The fourth-order valence-electron chi connectivity index (χ4n) is 2.26. The van der Waals surface area contributed by atoms with Gasteiger partial charge in [-0.25, -0.2) is 0 Å². The largest absolute Gasteiger partial charge is 0.480 e. The number of hydrogen-bond donors (Lipinski definition) is 1. The molecule has 2 rings (SSSR count). The van der Waals surface area contributed by atoms with Gasteiger partial charge >= 0.3 is 5.97 Å². The van der Waals surface area contributed by atoms with Gasteiger partial charge in [0, 0.05) is 11.4 Å². The fraction of sp³-hybridized carbons (Fsp3) is 0.462. The molecule has 0 saturated carbocycles. The van der Waals surface area contributed by atoms with Crippen LogP contribution in [0.2, 0.25) is 0 Å². The van der Waals surface area contributed by atoms with E-state index in [1.807, 2.05) is 0 Å². The summed E-state index contributed by atoms with van der Waals surface area (Å²) >= 11 is 1.72. The van der Waals surface area contributed by atoms with Gasteiger partial charge in [0.25, 0.3) is 0 Å². The molecule has 1 aliphatic heterocycles. The van der Waals surface area contributed by atoms with Crippen molar-refractivity contribution in [3.8, 4) is 0 Å². The van der Waals surface area contributed by atoms with Gasteiger partial charge in [0.1, 0.15) is 6.04 Å². The van der Waals surface area contributed by atoms with Crippen molar-refractivity contribution in [1.82, 2.24) is 4.90 Å². The average Bonchev–Trinajstić information content (AvgIpc) is 2.78. The average molecular weight is 251 g/mol. The molecule has 1 saturated heterocycles. The van der Waals surface area contributed by atoms with Crippen molar-refractivity contribution in [1.29, 1.82) is 0 Å². The first-order valence-electron chi connectivity index (χ1n) is 5.80. The minimum Gasteiger partial charge on any atom is -0.480 e. The molecule has 1 heterocycles. The minimum absolute atomic E-state index is 0.296. The first kappa shape index (κ1) is 12.5. The number of rotatable bonds is 4. The number of nitrogens with zero attached hydrogens (tertiary/aromatic N) is 1. The number of hydrogen-bond acceptors (Lipinski definition) is 3. The van der Waals surface area contributed by atoms with Gasteiger partial charge in [-0.05, 0) is 43.3 Å². The number of carboxylic acids is 1. The third kappa shape index (κ3) is 3.01. The maximum absolute atomic E-state index is 11.1. The Morgan fingerprint density at radius 2 is 2.18 bits per heavy atom. The van der Waals surface area contributed by atoms with Gasteiger partial charge in [-0.3, -0.25) is 9.69 Å². The van der Waals surface area contributed by atoms with Crippen molar-refractivity contribution in [2.45, 2.75) is 30.3 Å². The van der Waals surface area contributed by atoms with Crippen LogP contribution in [-0.2, 0) is 11.3 Å². The van der Waals surface area contributed by atoms with Crippen LogP contribution in [0.5, 0.6) is 0 Å². The zero-order valence-electron chi connectivity index (χ0n) is 9.93. The summed E-state index contributed by atoms with van der Waals surface area (Å²) in [6, 6.07) is 8.05. The molecule has 1 atom stereocenters. The Kier molecular flexibility index (Phi) is 4.07. The lowest BCUT2D eigenvalue weighted by atomic mass is 10.2. The van der Waals surface area contributed by atoms with E-state index in [9.17, 15) is 4.79 Å². The molecule has 3 nitrogen and oxygen atoms in total. The van der Waals surface area contributed by atoms with Crippen LogP contribution in [0.3, 0.4) is 0 Å². The summed E-state index contributed by atoms with van der Waals surface area (Å²) in [5.41, 5.74) is 1.19. The second kappa shape index (κ2) is 5.56. The van der Waals surface area contributed by atoms with E-state index in [1.165, 1.54) is 10.5 Å².